The molecule has 1 atom stereocenters. The van der Waals surface area contributed by atoms with Gasteiger partial charge in [0, 0.05) is 42.4 Å². The van der Waals surface area contributed by atoms with E-state index in [-0.39, 0.29) is 11.9 Å². The van der Waals surface area contributed by atoms with Gasteiger partial charge in [-0.3, -0.25) is 4.79 Å². The first-order valence-electron chi connectivity index (χ1n) is 11.2. The summed E-state index contributed by atoms with van der Waals surface area (Å²) < 4.78 is 5.49. The molecule has 166 valence electrons. The van der Waals surface area contributed by atoms with E-state index >= 15 is 0 Å². The van der Waals surface area contributed by atoms with Crippen LogP contribution < -0.4 is 5.32 Å². The maximum Gasteiger partial charge on any atom is 0.326 e. The number of ether oxygens (including phenoxy) is 1. The Morgan fingerprint density at radius 1 is 1.06 bits per heavy atom. The molecule has 1 aromatic heterocycles. The first kappa shape index (κ1) is 20.6. The number of carboxylic acids is 1. The van der Waals surface area contributed by atoms with E-state index in [0.29, 0.717) is 38.2 Å². The number of hydrogen-bond acceptors (Lipinski definition) is 4. The lowest BCUT2D eigenvalue weighted by atomic mass is 10.1. The number of benzene rings is 2. The predicted octanol–water partition coefficient (Wildman–Crippen LogP) is 4.12. The van der Waals surface area contributed by atoms with Crippen LogP contribution in [0, 0.1) is 0 Å². The number of nitrogens with one attached hydrogen (secondary N) is 2. The first-order valence-corrected chi connectivity index (χ1v) is 11.2. The number of carbonyl (C=O) groups excluding carboxylic acids is 1. The monoisotopic (exact) mass is 433 g/mol. The molecule has 0 spiro atoms. The van der Waals surface area contributed by atoms with Gasteiger partial charge in [0.2, 0.25) is 0 Å². The largest absolute Gasteiger partial charge is 0.480 e. The zero-order valence-electron chi connectivity index (χ0n) is 17.8. The number of rotatable bonds is 5. The van der Waals surface area contributed by atoms with Crippen LogP contribution in [0.3, 0.4) is 0 Å². The number of nitrogens with zero attached hydrogens (tertiary/aromatic N) is 1. The molecule has 0 bridgehead atoms. The number of hydrogen-bond donors (Lipinski definition) is 3. The van der Waals surface area contributed by atoms with Crippen LogP contribution in [0.25, 0.3) is 22.2 Å². The Labute approximate surface area is 186 Å². The summed E-state index contributed by atoms with van der Waals surface area (Å²) in [4.78, 5) is 30.0. The SMILES string of the molecule is O=C(O)C1CCCN1C(=O)c1cc(NC2CCOCC2)c2[nH]c(-c3ccccc3)cc2c1. The number of likely N-dealkylation sites (tertiary alicyclic amines) is 1. The third-order valence-electron chi connectivity index (χ3n) is 6.44. The highest BCUT2D eigenvalue weighted by Crippen LogP contribution is 2.32. The second-order valence-corrected chi connectivity index (χ2v) is 8.56. The third kappa shape index (κ3) is 3.96. The number of carbonyl (C=O) groups is 2. The van der Waals surface area contributed by atoms with E-state index in [1.54, 1.807) is 0 Å². The average molecular weight is 434 g/mol. The van der Waals surface area contributed by atoms with Crippen molar-refractivity contribution in [3.05, 3.63) is 54.1 Å². The fourth-order valence-corrected chi connectivity index (χ4v) is 4.75. The molecule has 2 fully saturated rings. The van der Waals surface area contributed by atoms with Gasteiger partial charge in [0.25, 0.3) is 5.91 Å². The van der Waals surface area contributed by atoms with Crippen molar-refractivity contribution < 1.29 is 19.4 Å². The van der Waals surface area contributed by atoms with Gasteiger partial charge in [-0.05, 0) is 49.4 Å². The molecule has 2 aromatic carbocycles. The van der Waals surface area contributed by atoms with Crippen molar-refractivity contribution in [2.24, 2.45) is 0 Å². The standard InChI is InChI=1S/C25H27N3O4/c29-24(28-10-4-7-22(28)25(30)31)18-13-17-14-20(16-5-2-1-3-6-16)27-23(17)21(15-18)26-19-8-11-32-12-9-19/h1-3,5-6,13-15,19,22,26-27H,4,7-12H2,(H,30,31). The Balaban J connectivity index is 1.55. The fourth-order valence-electron chi connectivity index (χ4n) is 4.75. The van der Waals surface area contributed by atoms with Crippen LogP contribution in [-0.4, -0.2) is 58.7 Å². The zero-order valence-corrected chi connectivity index (χ0v) is 17.8. The molecule has 7 heteroatoms. The number of carboxylic acid groups (broad SMARTS) is 1. The normalized spacial score (nSPS) is 19.4. The smallest absolute Gasteiger partial charge is 0.326 e. The molecule has 0 aliphatic carbocycles. The number of fused-ring (bicyclic) bond motifs is 1. The number of aliphatic carboxylic acids is 1. The van der Waals surface area contributed by atoms with Gasteiger partial charge in [0.15, 0.2) is 0 Å². The van der Waals surface area contributed by atoms with Gasteiger partial charge in [-0.2, -0.15) is 0 Å². The van der Waals surface area contributed by atoms with Crippen LogP contribution in [-0.2, 0) is 9.53 Å². The van der Waals surface area contributed by atoms with Gasteiger partial charge < -0.3 is 25.0 Å². The molecular formula is C25H27N3O4. The quantitative estimate of drug-likeness (QED) is 0.563. The van der Waals surface area contributed by atoms with Gasteiger partial charge in [0.1, 0.15) is 6.04 Å². The third-order valence-corrected chi connectivity index (χ3v) is 6.44. The summed E-state index contributed by atoms with van der Waals surface area (Å²) in [7, 11) is 0. The van der Waals surface area contributed by atoms with Crippen molar-refractivity contribution >= 4 is 28.5 Å². The Kier molecular flexibility index (Phi) is 5.57. The van der Waals surface area contributed by atoms with Crippen LogP contribution >= 0.6 is 0 Å². The minimum atomic E-state index is -0.939. The number of aromatic nitrogens is 1. The zero-order chi connectivity index (χ0) is 22.1. The van der Waals surface area contributed by atoms with E-state index in [4.69, 9.17) is 4.74 Å². The lowest BCUT2D eigenvalue weighted by molar-refractivity contribution is -0.141. The lowest BCUT2D eigenvalue weighted by Gasteiger charge is -2.25. The second kappa shape index (κ2) is 8.67. The molecule has 2 saturated heterocycles. The summed E-state index contributed by atoms with van der Waals surface area (Å²) in [5.74, 6) is -1.17. The van der Waals surface area contributed by atoms with Crippen LogP contribution in [0.2, 0.25) is 0 Å². The highest BCUT2D eigenvalue weighted by Gasteiger charge is 2.34. The maximum atomic E-state index is 13.3. The number of H-pyrrole nitrogens is 1. The summed E-state index contributed by atoms with van der Waals surface area (Å²) in [5, 5.41) is 14.1. The number of aromatic amines is 1. The summed E-state index contributed by atoms with van der Waals surface area (Å²) in [5.41, 5.74) is 4.37. The van der Waals surface area contributed by atoms with Crippen molar-refractivity contribution in [3.63, 3.8) is 0 Å². The van der Waals surface area contributed by atoms with Gasteiger partial charge in [-0.1, -0.05) is 30.3 Å². The molecule has 1 amide bonds. The molecule has 0 saturated carbocycles. The van der Waals surface area contributed by atoms with Crippen molar-refractivity contribution in [3.8, 4) is 11.3 Å². The van der Waals surface area contributed by atoms with E-state index in [1.165, 1.54) is 4.90 Å². The maximum absolute atomic E-state index is 13.3. The minimum absolute atomic E-state index is 0.228. The minimum Gasteiger partial charge on any atom is -0.480 e. The van der Waals surface area contributed by atoms with Crippen LogP contribution in [0.1, 0.15) is 36.0 Å². The van der Waals surface area contributed by atoms with E-state index in [1.807, 2.05) is 42.5 Å². The molecule has 0 radical (unpaired) electrons. The summed E-state index contributed by atoms with van der Waals surface area (Å²) >= 11 is 0. The molecule has 7 nitrogen and oxygen atoms in total. The molecule has 3 N–H and O–H groups in total. The molecule has 2 aliphatic rings. The van der Waals surface area contributed by atoms with Crippen molar-refractivity contribution in [2.75, 3.05) is 25.1 Å². The first-order chi connectivity index (χ1) is 15.6. The Bertz CT molecular complexity index is 1130. The molecule has 3 heterocycles. The van der Waals surface area contributed by atoms with Gasteiger partial charge >= 0.3 is 5.97 Å². The Morgan fingerprint density at radius 3 is 2.59 bits per heavy atom. The van der Waals surface area contributed by atoms with E-state index < -0.39 is 12.0 Å². The Morgan fingerprint density at radius 2 is 1.84 bits per heavy atom. The summed E-state index contributed by atoms with van der Waals surface area (Å²) in [6.45, 7) is 1.90. The molecule has 3 aromatic rings. The number of anilines is 1. The van der Waals surface area contributed by atoms with Crippen molar-refractivity contribution in [2.45, 2.75) is 37.8 Å². The topological polar surface area (TPSA) is 94.7 Å². The second-order valence-electron chi connectivity index (χ2n) is 8.56. The van der Waals surface area contributed by atoms with E-state index in [2.05, 4.69) is 16.4 Å². The van der Waals surface area contributed by atoms with Gasteiger partial charge in [0.05, 0.1) is 11.2 Å². The van der Waals surface area contributed by atoms with Crippen molar-refractivity contribution in [1.82, 2.24) is 9.88 Å². The molecular weight excluding hydrogens is 406 g/mol. The molecule has 32 heavy (non-hydrogen) atoms. The molecule has 1 unspecified atom stereocenters. The lowest BCUT2D eigenvalue weighted by Crippen LogP contribution is -2.40. The fraction of sp³-hybridized carbons (Fsp3) is 0.360. The Hall–Kier alpha value is -3.32. The molecule has 2 aliphatic heterocycles. The molecule has 5 rings (SSSR count). The van der Waals surface area contributed by atoms with Crippen LogP contribution in [0.5, 0.6) is 0 Å². The average Bonchev–Trinajstić information content (AvgIpc) is 3.47. The highest BCUT2D eigenvalue weighted by molar-refractivity contribution is 6.04. The van der Waals surface area contributed by atoms with Gasteiger partial charge in [-0.15, -0.1) is 0 Å². The summed E-state index contributed by atoms with van der Waals surface area (Å²) in [6.07, 6.45) is 3.01. The summed E-state index contributed by atoms with van der Waals surface area (Å²) in [6, 6.07) is 15.4. The van der Waals surface area contributed by atoms with Crippen LogP contribution in [0.4, 0.5) is 5.69 Å². The van der Waals surface area contributed by atoms with Gasteiger partial charge in [-0.25, -0.2) is 4.79 Å². The van der Waals surface area contributed by atoms with E-state index in [9.17, 15) is 14.7 Å². The predicted molar refractivity (Wildman–Crippen MR) is 123 cm³/mol. The number of amides is 1. The van der Waals surface area contributed by atoms with Crippen LogP contribution in [0.15, 0.2) is 48.5 Å². The van der Waals surface area contributed by atoms with Crippen molar-refractivity contribution in [1.29, 1.82) is 0 Å². The van der Waals surface area contributed by atoms with E-state index in [0.717, 1.165) is 40.7 Å². The highest BCUT2D eigenvalue weighted by atomic mass is 16.5.